The number of hydrogen-bond donors (Lipinski definition) is 0. The molecule has 0 unspecified atom stereocenters. The molecule has 0 fully saturated rings. The van der Waals surface area contributed by atoms with Gasteiger partial charge in [-0.15, -0.1) is 0 Å². The summed E-state index contributed by atoms with van der Waals surface area (Å²) in [6.45, 7) is 0. The summed E-state index contributed by atoms with van der Waals surface area (Å²) in [6.07, 6.45) is 5.37. The predicted octanol–water partition coefficient (Wildman–Crippen LogP) is 2.63. The first-order valence-corrected chi connectivity index (χ1v) is 4.70. The number of pyridine rings is 1. The van der Waals surface area contributed by atoms with Crippen LogP contribution in [0.5, 0.6) is 5.88 Å². The van der Waals surface area contributed by atoms with Gasteiger partial charge >= 0.3 is 0 Å². The van der Waals surface area contributed by atoms with Crippen LogP contribution in [0.3, 0.4) is 0 Å². The lowest BCUT2D eigenvalue weighted by Gasteiger charge is -2.03. The maximum atomic E-state index is 5.15. The standard InChI is InChI=1S/C12H8N2O/c1-2-6-11-9(4-1)8-10-5-3-7-13-15-12(10)14-11/h1-8H. The lowest BCUT2D eigenvalue weighted by Crippen LogP contribution is -1.90. The number of benzene rings is 1. The highest BCUT2D eigenvalue weighted by atomic mass is 16.6. The van der Waals surface area contributed by atoms with Gasteiger partial charge in [0.15, 0.2) is 0 Å². The minimum Gasteiger partial charge on any atom is -0.336 e. The Bertz CT molecular complexity index is 573. The molecule has 3 rings (SSSR count). The average molecular weight is 196 g/mol. The molecule has 1 aliphatic rings. The summed E-state index contributed by atoms with van der Waals surface area (Å²) < 4.78 is 0. The van der Waals surface area contributed by atoms with E-state index in [2.05, 4.69) is 10.1 Å². The molecule has 0 radical (unpaired) electrons. The average Bonchev–Trinajstić information content (AvgIpc) is 2.50. The third-order valence-electron chi connectivity index (χ3n) is 2.28. The third kappa shape index (κ3) is 1.38. The molecule has 0 atom stereocenters. The Hall–Kier alpha value is -2.16. The lowest BCUT2D eigenvalue weighted by atomic mass is 10.1. The molecule has 3 heteroatoms. The van der Waals surface area contributed by atoms with E-state index >= 15 is 0 Å². The van der Waals surface area contributed by atoms with Crippen LogP contribution < -0.4 is 4.84 Å². The van der Waals surface area contributed by atoms with Crippen molar-refractivity contribution in [2.24, 2.45) is 5.16 Å². The normalized spacial score (nSPS) is 13.3. The molecule has 0 amide bonds. The molecule has 0 aliphatic carbocycles. The first kappa shape index (κ1) is 8.17. The fourth-order valence-electron chi connectivity index (χ4n) is 1.57. The summed E-state index contributed by atoms with van der Waals surface area (Å²) in [7, 11) is 0. The van der Waals surface area contributed by atoms with Crippen molar-refractivity contribution < 1.29 is 4.84 Å². The van der Waals surface area contributed by atoms with E-state index in [9.17, 15) is 0 Å². The van der Waals surface area contributed by atoms with Crippen LogP contribution in [0.1, 0.15) is 5.56 Å². The minimum absolute atomic E-state index is 0.554. The molecule has 72 valence electrons. The number of hydrogen-bond acceptors (Lipinski definition) is 3. The Labute approximate surface area is 86.7 Å². The Morgan fingerprint density at radius 1 is 1.13 bits per heavy atom. The SMILES string of the molecule is C1=Cc2cc3ccccc3nc2ON=C1. The van der Waals surface area contributed by atoms with Gasteiger partial charge in [0, 0.05) is 10.9 Å². The van der Waals surface area contributed by atoms with E-state index in [1.165, 1.54) is 0 Å². The number of para-hydroxylation sites is 1. The zero-order chi connectivity index (χ0) is 10.1. The summed E-state index contributed by atoms with van der Waals surface area (Å²) in [4.78, 5) is 9.54. The quantitative estimate of drug-likeness (QED) is 0.649. The molecule has 0 bridgehead atoms. The van der Waals surface area contributed by atoms with Crippen LogP contribution in [0.4, 0.5) is 0 Å². The highest BCUT2D eigenvalue weighted by molar-refractivity contribution is 5.85. The zero-order valence-electron chi connectivity index (χ0n) is 7.92. The van der Waals surface area contributed by atoms with Crippen molar-refractivity contribution >= 4 is 23.2 Å². The number of oxime groups is 1. The molecular weight excluding hydrogens is 188 g/mol. The topological polar surface area (TPSA) is 34.5 Å². The monoisotopic (exact) mass is 196 g/mol. The van der Waals surface area contributed by atoms with Crippen molar-refractivity contribution in [3.63, 3.8) is 0 Å². The van der Waals surface area contributed by atoms with Crippen molar-refractivity contribution in [2.45, 2.75) is 0 Å². The van der Waals surface area contributed by atoms with Gasteiger partial charge in [-0.1, -0.05) is 23.4 Å². The molecule has 15 heavy (non-hydrogen) atoms. The summed E-state index contributed by atoms with van der Waals surface area (Å²) in [5, 5.41) is 4.85. The molecular formula is C12H8N2O. The van der Waals surface area contributed by atoms with Crippen molar-refractivity contribution in [1.82, 2.24) is 4.98 Å². The molecule has 0 N–H and O–H groups in total. The summed E-state index contributed by atoms with van der Waals surface area (Å²) in [6, 6.07) is 9.98. The van der Waals surface area contributed by atoms with Gasteiger partial charge in [0.2, 0.25) is 0 Å². The van der Waals surface area contributed by atoms with Crippen LogP contribution >= 0.6 is 0 Å². The van der Waals surface area contributed by atoms with Gasteiger partial charge in [0.05, 0.1) is 11.7 Å². The minimum atomic E-state index is 0.554. The Balaban J connectivity index is 2.31. The summed E-state index contributed by atoms with van der Waals surface area (Å²) >= 11 is 0. The van der Waals surface area contributed by atoms with Crippen LogP contribution in [-0.2, 0) is 0 Å². The second kappa shape index (κ2) is 3.20. The number of rotatable bonds is 0. The smallest absolute Gasteiger partial charge is 0.256 e. The van der Waals surface area contributed by atoms with Gasteiger partial charge in [-0.2, -0.15) is 0 Å². The summed E-state index contributed by atoms with van der Waals surface area (Å²) in [5.74, 6) is 0.554. The first-order valence-electron chi connectivity index (χ1n) is 4.70. The Morgan fingerprint density at radius 2 is 2.07 bits per heavy atom. The molecule has 1 aliphatic heterocycles. The highest BCUT2D eigenvalue weighted by Crippen LogP contribution is 2.24. The lowest BCUT2D eigenvalue weighted by molar-refractivity contribution is 0.331. The van der Waals surface area contributed by atoms with E-state index in [-0.39, 0.29) is 0 Å². The van der Waals surface area contributed by atoms with Crippen LogP contribution in [0, 0.1) is 0 Å². The van der Waals surface area contributed by atoms with E-state index in [1.807, 2.05) is 42.5 Å². The molecule has 0 saturated carbocycles. The van der Waals surface area contributed by atoms with Crippen molar-refractivity contribution in [1.29, 1.82) is 0 Å². The van der Waals surface area contributed by atoms with Gasteiger partial charge < -0.3 is 4.84 Å². The van der Waals surface area contributed by atoms with Crippen LogP contribution in [0.2, 0.25) is 0 Å². The molecule has 0 saturated heterocycles. The number of fused-ring (bicyclic) bond motifs is 2. The third-order valence-corrected chi connectivity index (χ3v) is 2.28. The maximum absolute atomic E-state index is 5.15. The van der Waals surface area contributed by atoms with E-state index in [0.717, 1.165) is 16.5 Å². The van der Waals surface area contributed by atoms with Crippen molar-refractivity contribution in [3.8, 4) is 5.88 Å². The predicted molar refractivity (Wildman–Crippen MR) is 59.9 cm³/mol. The fraction of sp³-hybridized carbons (Fsp3) is 0. The molecule has 2 heterocycles. The number of nitrogens with zero attached hydrogens (tertiary/aromatic N) is 2. The molecule has 3 nitrogen and oxygen atoms in total. The maximum Gasteiger partial charge on any atom is 0.256 e. The van der Waals surface area contributed by atoms with Crippen LogP contribution in [-0.4, -0.2) is 11.2 Å². The zero-order valence-corrected chi connectivity index (χ0v) is 7.92. The molecule has 1 aromatic carbocycles. The van der Waals surface area contributed by atoms with E-state index < -0.39 is 0 Å². The first-order chi connectivity index (χ1) is 7.43. The largest absolute Gasteiger partial charge is 0.336 e. The number of aromatic nitrogens is 1. The molecule has 2 aromatic rings. The van der Waals surface area contributed by atoms with Gasteiger partial charge in [0.25, 0.3) is 5.88 Å². The second-order valence-electron chi connectivity index (χ2n) is 3.28. The Morgan fingerprint density at radius 3 is 3.07 bits per heavy atom. The van der Waals surface area contributed by atoms with E-state index in [4.69, 9.17) is 4.84 Å². The molecule has 1 aromatic heterocycles. The van der Waals surface area contributed by atoms with E-state index in [0.29, 0.717) is 5.88 Å². The van der Waals surface area contributed by atoms with E-state index in [1.54, 1.807) is 6.21 Å². The van der Waals surface area contributed by atoms with Gasteiger partial charge in [0.1, 0.15) is 0 Å². The van der Waals surface area contributed by atoms with Crippen LogP contribution in [0.25, 0.3) is 17.0 Å². The van der Waals surface area contributed by atoms with Crippen molar-refractivity contribution in [2.75, 3.05) is 0 Å². The summed E-state index contributed by atoms with van der Waals surface area (Å²) in [5.41, 5.74) is 1.87. The fourth-order valence-corrected chi connectivity index (χ4v) is 1.57. The van der Waals surface area contributed by atoms with Gasteiger partial charge in [-0.3, -0.25) is 0 Å². The highest BCUT2D eigenvalue weighted by Gasteiger charge is 2.06. The van der Waals surface area contributed by atoms with Gasteiger partial charge in [-0.25, -0.2) is 4.98 Å². The number of allylic oxidation sites excluding steroid dienone is 1. The Kier molecular flexibility index (Phi) is 1.75. The second-order valence-corrected chi connectivity index (χ2v) is 3.28. The van der Waals surface area contributed by atoms with Crippen LogP contribution in [0.15, 0.2) is 41.6 Å². The van der Waals surface area contributed by atoms with Crippen molar-refractivity contribution in [3.05, 3.63) is 42.0 Å². The molecule has 0 spiro atoms. The van der Waals surface area contributed by atoms with Gasteiger partial charge in [-0.05, 0) is 24.3 Å².